The molecule has 1 unspecified atom stereocenters. The van der Waals surface area contributed by atoms with Crippen molar-refractivity contribution in [3.8, 4) is 0 Å². The van der Waals surface area contributed by atoms with Gasteiger partial charge in [0.25, 0.3) is 0 Å². The van der Waals surface area contributed by atoms with Gasteiger partial charge in [-0.3, -0.25) is 4.98 Å². The summed E-state index contributed by atoms with van der Waals surface area (Å²) in [5.74, 6) is 0. The van der Waals surface area contributed by atoms with Gasteiger partial charge in [0.1, 0.15) is 0 Å². The molecule has 0 aromatic carbocycles. The molecule has 0 saturated carbocycles. The highest BCUT2D eigenvalue weighted by molar-refractivity contribution is 5.74. The Hall–Kier alpha value is -1.62. The Morgan fingerprint density at radius 2 is 2.26 bits per heavy atom. The van der Waals surface area contributed by atoms with Crippen LogP contribution in [0.25, 0.3) is 0 Å². The minimum atomic E-state index is -0.162. The molecular formula is C14H23N3O2. The standard InChI is InChI=1S/C14H23N3O2/c1-11-5-6-13(10-16-11)7-8-15-14(19)17-12(2)4-3-9-18/h5-6,10,12,18H,3-4,7-9H2,1-2H3,(H2,15,17,19). The number of carbonyl (C=O) groups excluding carboxylic acids is 1. The molecule has 0 saturated heterocycles. The lowest BCUT2D eigenvalue weighted by Crippen LogP contribution is -2.41. The minimum absolute atomic E-state index is 0.0770. The second-order valence-corrected chi connectivity index (χ2v) is 4.72. The third-order valence-electron chi connectivity index (χ3n) is 2.84. The number of aromatic nitrogens is 1. The zero-order valence-corrected chi connectivity index (χ0v) is 11.6. The van der Waals surface area contributed by atoms with Crippen LogP contribution in [0.3, 0.4) is 0 Å². The summed E-state index contributed by atoms with van der Waals surface area (Å²) in [6, 6.07) is 3.90. The monoisotopic (exact) mass is 265 g/mol. The molecule has 3 N–H and O–H groups in total. The summed E-state index contributed by atoms with van der Waals surface area (Å²) in [6.07, 6.45) is 4.09. The number of pyridine rings is 1. The fourth-order valence-electron chi connectivity index (χ4n) is 1.71. The number of amides is 2. The Morgan fingerprint density at radius 3 is 2.89 bits per heavy atom. The van der Waals surface area contributed by atoms with Crippen molar-refractivity contribution in [3.63, 3.8) is 0 Å². The van der Waals surface area contributed by atoms with Crippen molar-refractivity contribution in [1.29, 1.82) is 0 Å². The van der Waals surface area contributed by atoms with Gasteiger partial charge in [-0.1, -0.05) is 6.07 Å². The highest BCUT2D eigenvalue weighted by Gasteiger charge is 2.05. The highest BCUT2D eigenvalue weighted by Crippen LogP contribution is 1.99. The normalized spacial score (nSPS) is 11.9. The van der Waals surface area contributed by atoms with Gasteiger partial charge in [0.2, 0.25) is 0 Å². The predicted octanol–water partition coefficient (Wildman–Crippen LogP) is 1.39. The fraction of sp³-hybridized carbons (Fsp3) is 0.571. The third kappa shape index (κ3) is 6.76. The van der Waals surface area contributed by atoms with E-state index in [-0.39, 0.29) is 18.7 Å². The molecule has 1 heterocycles. The van der Waals surface area contributed by atoms with Crippen molar-refractivity contribution >= 4 is 6.03 Å². The van der Waals surface area contributed by atoms with E-state index in [1.807, 2.05) is 32.2 Å². The van der Waals surface area contributed by atoms with Crippen LogP contribution in [0.15, 0.2) is 18.3 Å². The molecule has 1 atom stereocenters. The Morgan fingerprint density at radius 1 is 1.47 bits per heavy atom. The first kappa shape index (κ1) is 15.4. The molecule has 0 aliphatic rings. The number of aliphatic hydroxyl groups is 1. The number of nitrogens with zero attached hydrogens (tertiary/aromatic N) is 1. The van der Waals surface area contributed by atoms with Gasteiger partial charge in [-0.25, -0.2) is 4.79 Å². The van der Waals surface area contributed by atoms with Crippen LogP contribution in [0, 0.1) is 6.92 Å². The largest absolute Gasteiger partial charge is 0.396 e. The average molecular weight is 265 g/mol. The smallest absolute Gasteiger partial charge is 0.315 e. The molecule has 1 aromatic rings. The summed E-state index contributed by atoms with van der Waals surface area (Å²) in [7, 11) is 0. The topological polar surface area (TPSA) is 74.2 Å². The number of aryl methyl sites for hydroxylation is 1. The van der Waals surface area contributed by atoms with Gasteiger partial charge in [0.15, 0.2) is 0 Å². The molecular weight excluding hydrogens is 242 g/mol. The number of carbonyl (C=O) groups is 1. The Bertz CT molecular complexity index is 379. The van der Waals surface area contributed by atoms with Gasteiger partial charge in [-0.2, -0.15) is 0 Å². The van der Waals surface area contributed by atoms with Crippen LogP contribution >= 0.6 is 0 Å². The van der Waals surface area contributed by atoms with Crippen molar-refractivity contribution in [2.24, 2.45) is 0 Å². The first-order chi connectivity index (χ1) is 9.11. The molecule has 2 amide bonds. The van der Waals surface area contributed by atoms with Crippen LogP contribution in [0.2, 0.25) is 0 Å². The summed E-state index contributed by atoms with van der Waals surface area (Å²) in [4.78, 5) is 15.8. The zero-order valence-electron chi connectivity index (χ0n) is 11.6. The van der Waals surface area contributed by atoms with Crippen LogP contribution in [0.1, 0.15) is 31.0 Å². The number of hydrogen-bond donors (Lipinski definition) is 3. The van der Waals surface area contributed by atoms with E-state index in [4.69, 9.17) is 5.11 Å². The van der Waals surface area contributed by atoms with E-state index in [2.05, 4.69) is 15.6 Å². The van der Waals surface area contributed by atoms with E-state index in [1.165, 1.54) is 0 Å². The first-order valence-corrected chi connectivity index (χ1v) is 6.68. The molecule has 106 valence electrons. The van der Waals surface area contributed by atoms with Crippen molar-refractivity contribution in [1.82, 2.24) is 15.6 Å². The Labute approximate surface area is 114 Å². The van der Waals surface area contributed by atoms with Crippen molar-refractivity contribution in [2.75, 3.05) is 13.2 Å². The number of nitrogens with one attached hydrogen (secondary N) is 2. The molecule has 5 heteroatoms. The van der Waals surface area contributed by atoms with Crippen LogP contribution in [-0.2, 0) is 6.42 Å². The maximum Gasteiger partial charge on any atom is 0.315 e. The number of urea groups is 1. The van der Waals surface area contributed by atoms with E-state index < -0.39 is 0 Å². The van der Waals surface area contributed by atoms with Gasteiger partial charge in [-0.15, -0.1) is 0 Å². The van der Waals surface area contributed by atoms with E-state index >= 15 is 0 Å². The fourth-order valence-corrected chi connectivity index (χ4v) is 1.71. The Kier molecular flexibility index (Phi) is 6.89. The number of rotatable bonds is 7. The van der Waals surface area contributed by atoms with Crippen molar-refractivity contribution in [2.45, 2.75) is 39.2 Å². The minimum Gasteiger partial charge on any atom is -0.396 e. The van der Waals surface area contributed by atoms with Gasteiger partial charge in [0.05, 0.1) is 0 Å². The molecule has 0 bridgehead atoms. The van der Waals surface area contributed by atoms with Crippen molar-refractivity contribution in [3.05, 3.63) is 29.6 Å². The average Bonchev–Trinajstić information content (AvgIpc) is 2.38. The molecule has 1 aromatic heterocycles. The first-order valence-electron chi connectivity index (χ1n) is 6.68. The molecule has 0 aliphatic heterocycles. The maximum atomic E-state index is 11.6. The van der Waals surface area contributed by atoms with Gasteiger partial charge < -0.3 is 15.7 Å². The quantitative estimate of drug-likeness (QED) is 0.697. The SMILES string of the molecule is Cc1ccc(CCNC(=O)NC(C)CCCO)cn1. The van der Waals surface area contributed by atoms with Gasteiger partial charge in [-0.05, 0) is 44.7 Å². The second kappa shape index (κ2) is 8.48. The summed E-state index contributed by atoms with van der Waals surface area (Å²) in [6.45, 7) is 4.62. The van der Waals surface area contributed by atoms with Crippen LogP contribution in [-0.4, -0.2) is 35.3 Å². The number of aliphatic hydroxyl groups excluding tert-OH is 1. The van der Waals surface area contributed by atoms with Gasteiger partial charge >= 0.3 is 6.03 Å². The maximum absolute atomic E-state index is 11.6. The summed E-state index contributed by atoms with van der Waals surface area (Å²) < 4.78 is 0. The molecule has 0 radical (unpaired) electrons. The number of hydrogen-bond acceptors (Lipinski definition) is 3. The second-order valence-electron chi connectivity index (χ2n) is 4.72. The summed E-state index contributed by atoms with van der Waals surface area (Å²) in [5.41, 5.74) is 2.10. The lowest BCUT2D eigenvalue weighted by molar-refractivity contribution is 0.234. The molecule has 0 fully saturated rings. The van der Waals surface area contributed by atoms with Crippen LogP contribution in [0.5, 0.6) is 0 Å². The predicted molar refractivity (Wildman–Crippen MR) is 75.0 cm³/mol. The van der Waals surface area contributed by atoms with E-state index in [9.17, 15) is 4.79 Å². The Balaban J connectivity index is 2.18. The molecule has 5 nitrogen and oxygen atoms in total. The molecule has 1 rings (SSSR count). The summed E-state index contributed by atoms with van der Waals surface area (Å²) >= 11 is 0. The van der Waals surface area contributed by atoms with E-state index in [0.717, 1.165) is 24.1 Å². The van der Waals surface area contributed by atoms with Crippen LogP contribution < -0.4 is 10.6 Å². The van der Waals surface area contributed by atoms with E-state index in [1.54, 1.807) is 0 Å². The molecule has 0 spiro atoms. The molecule has 0 aliphatic carbocycles. The molecule has 19 heavy (non-hydrogen) atoms. The van der Waals surface area contributed by atoms with Crippen molar-refractivity contribution < 1.29 is 9.90 Å². The highest BCUT2D eigenvalue weighted by atomic mass is 16.3. The van der Waals surface area contributed by atoms with Gasteiger partial charge in [0, 0.05) is 31.1 Å². The lowest BCUT2D eigenvalue weighted by atomic mass is 10.2. The zero-order chi connectivity index (χ0) is 14.1. The lowest BCUT2D eigenvalue weighted by Gasteiger charge is -2.14. The third-order valence-corrected chi connectivity index (χ3v) is 2.84. The van der Waals surface area contributed by atoms with Crippen LogP contribution in [0.4, 0.5) is 4.79 Å². The summed E-state index contributed by atoms with van der Waals surface area (Å²) in [5, 5.41) is 14.3. The van der Waals surface area contributed by atoms with E-state index in [0.29, 0.717) is 13.0 Å².